The number of hydrogen-bond donors (Lipinski definition) is 2. The Hall–Kier alpha value is -1.71. The zero-order chi connectivity index (χ0) is 12.8. The van der Waals surface area contributed by atoms with Crippen LogP contribution in [0.3, 0.4) is 0 Å². The number of nitrogens with zero attached hydrogens (tertiary/aromatic N) is 1. The van der Waals surface area contributed by atoms with Gasteiger partial charge in [-0.15, -0.1) is 0 Å². The number of carbonyl (C=O) groups is 1. The number of hydrogen-bond acceptors (Lipinski definition) is 3. The second kappa shape index (κ2) is 6.13. The Bertz CT molecular complexity index is 385. The van der Waals surface area contributed by atoms with E-state index in [1.54, 1.807) is 12.1 Å². The molecule has 0 spiro atoms. The molecule has 1 rings (SSSR count). The van der Waals surface area contributed by atoms with E-state index in [9.17, 15) is 4.79 Å². The highest BCUT2D eigenvalue weighted by molar-refractivity contribution is 5.94. The van der Waals surface area contributed by atoms with E-state index in [0.29, 0.717) is 5.69 Å². The third-order valence-electron chi connectivity index (χ3n) is 2.62. The van der Waals surface area contributed by atoms with Crippen LogP contribution in [-0.2, 0) is 0 Å². The fourth-order valence-corrected chi connectivity index (χ4v) is 1.85. The maximum atomic E-state index is 10.9. The van der Waals surface area contributed by atoms with Gasteiger partial charge in [0.05, 0.1) is 5.56 Å². The molecule has 4 nitrogen and oxygen atoms in total. The molecule has 3 N–H and O–H groups in total. The first-order valence-electron chi connectivity index (χ1n) is 5.97. The summed E-state index contributed by atoms with van der Waals surface area (Å²) in [7, 11) is 0. The second-order valence-corrected chi connectivity index (χ2v) is 4.06. The molecule has 94 valence electrons. The Morgan fingerprint density at radius 1 is 1.29 bits per heavy atom. The Morgan fingerprint density at radius 3 is 2.29 bits per heavy atom. The van der Waals surface area contributed by atoms with Gasteiger partial charge in [-0.1, -0.05) is 13.8 Å². The molecule has 1 aromatic rings. The molecule has 4 heteroatoms. The average molecular weight is 236 g/mol. The molecule has 0 aliphatic heterocycles. The number of benzene rings is 1. The Labute approximate surface area is 102 Å². The molecule has 0 aliphatic carbocycles. The van der Waals surface area contributed by atoms with Gasteiger partial charge in [0.25, 0.3) is 0 Å². The largest absolute Gasteiger partial charge is 0.478 e. The van der Waals surface area contributed by atoms with Crippen LogP contribution in [0, 0.1) is 0 Å². The van der Waals surface area contributed by atoms with Crippen molar-refractivity contribution in [3.63, 3.8) is 0 Å². The Balaban J connectivity index is 2.97. The standard InChI is InChI=1S/C13H20N2O2/c1-3-7-15(8-4-2)10-5-6-11(13(16)17)12(14)9-10/h5-6,9H,3-4,7-8,14H2,1-2H3,(H,16,17). The third-order valence-corrected chi connectivity index (χ3v) is 2.62. The molecule has 0 saturated carbocycles. The monoisotopic (exact) mass is 236 g/mol. The zero-order valence-corrected chi connectivity index (χ0v) is 10.4. The minimum Gasteiger partial charge on any atom is -0.478 e. The van der Waals surface area contributed by atoms with Gasteiger partial charge < -0.3 is 15.7 Å². The van der Waals surface area contributed by atoms with Crippen LogP contribution in [0.15, 0.2) is 18.2 Å². The quantitative estimate of drug-likeness (QED) is 0.745. The van der Waals surface area contributed by atoms with Gasteiger partial charge in [-0.05, 0) is 31.0 Å². The minimum absolute atomic E-state index is 0.168. The normalized spacial score (nSPS) is 10.2. The third kappa shape index (κ3) is 3.37. The molecule has 0 unspecified atom stereocenters. The lowest BCUT2D eigenvalue weighted by atomic mass is 10.1. The smallest absolute Gasteiger partial charge is 0.337 e. The summed E-state index contributed by atoms with van der Waals surface area (Å²) in [5, 5.41) is 8.91. The molecule has 0 fully saturated rings. The van der Waals surface area contributed by atoms with E-state index in [1.165, 1.54) is 0 Å². The van der Waals surface area contributed by atoms with Crippen molar-refractivity contribution in [2.45, 2.75) is 26.7 Å². The molecular weight excluding hydrogens is 216 g/mol. The number of nitrogen functional groups attached to an aromatic ring is 1. The number of carboxylic acid groups (broad SMARTS) is 1. The summed E-state index contributed by atoms with van der Waals surface area (Å²) in [4.78, 5) is 13.1. The molecule has 1 aromatic carbocycles. The molecule has 0 bridgehead atoms. The molecule has 0 amide bonds. The highest BCUT2D eigenvalue weighted by atomic mass is 16.4. The average Bonchev–Trinajstić information content (AvgIpc) is 2.28. The lowest BCUT2D eigenvalue weighted by Crippen LogP contribution is -2.25. The predicted octanol–water partition coefficient (Wildman–Crippen LogP) is 2.59. The second-order valence-electron chi connectivity index (χ2n) is 4.06. The predicted molar refractivity (Wildman–Crippen MR) is 70.6 cm³/mol. The van der Waals surface area contributed by atoms with E-state index >= 15 is 0 Å². The first-order chi connectivity index (χ1) is 8.10. The lowest BCUT2D eigenvalue weighted by molar-refractivity contribution is 0.0698. The van der Waals surface area contributed by atoms with E-state index in [-0.39, 0.29) is 5.56 Å². The van der Waals surface area contributed by atoms with Gasteiger partial charge in [-0.2, -0.15) is 0 Å². The van der Waals surface area contributed by atoms with Crippen LogP contribution < -0.4 is 10.6 Å². The van der Waals surface area contributed by atoms with Gasteiger partial charge in [0.15, 0.2) is 0 Å². The van der Waals surface area contributed by atoms with Crippen LogP contribution >= 0.6 is 0 Å². The molecule has 17 heavy (non-hydrogen) atoms. The topological polar surface area (TPSA) is 66.6 Å². The first-order valence-corrected chi connectivity index (χ1v) is 5.97. The van der Waals surface area contributed by atoms with E-state index in [1.807, 2.05) is 6.07 Å². The van der Waals surface area contributed by atoms with Crippen molar-refractivity contribution in [1.82, 2.24) is 0 Å². The van der Waals surface area contributed by atoms with Crippen molar-refractivity contribution in [3.8, 4) is 0 Å². The van der Waals surface area contributed by atoms with E-state index in [0.717, 1.165) is 31.6 Å². The fraction of sp³-hybridized carbons (Fsp3) is 0.462. The number of anilines is 2. The van der Waals surface area contributed by atoms with Crippen LogP contribution in [0.4, 0.5) is 11.4 Å². The Kier molecular flexibility index (Phi) is 4.82. The fourth-order valence-electron chi connectivity index (χ4n) is 1.85. The summed E-state index contributed by atoms with van der Waals surface area (Å²) in [6.07, 6.45) is 2.11. The van der Waals surface area contributed by atoms with Gasteiger partial charge in [0.1, 0.15) is 0 Å². The minimum atomic E-state index is -0.980. The number of rotatable bonds is 6. The molecule has 0 aromatic heterocycles. The van der Waals surface area contributed by atoms with Gasteiger partial charge in [0, 0.05) is 24.5 Å². The van der Waals surface area contributed by atoms with Gasteiger partial charge in [0.2, 0.25) is 0 Å². The van der Waals surface area contributed by atoms with Crippen molar-refractivity contribution in [3.05, 3.63) is 23.8 Å². The summed E-state index contributed by atoms with van der Waals surface area (Å²) in [6.45, 7) is 6.16. The summed E-state index contributed by atoms with van der Waals surface area (Å²) >= 11 is 0. The van der Waals surface area contributed by atoms with Gasteiger partial charge in [-0.25, -0.2) is 4.79 Å². The van der Waals surface area contributed by atoms with Gasteiger partial charge >= 0.3 is 5.97 Å². The van der Waals surface area contributed by atoms with Gasteiger partial charge in [-0.3, -0.25) is 0 Å². The van der Waals surface area contributed by atoms with Crippen LogP contribution in [-0.4, -0.2) is 24.2 Å². The lowest BCUT2D eigenvalue weighted by Gasteiger charge is -2.24. The first kappa shape index (κ1) is 13.4. The van der Waals surface area contributed by atoms with Crippen molar-refractivity contribution >= 4 is 17.3 Å². The van der Waals surface area contributed by atoms with Crippen LogP contribution in [0.2, 0.25) is 0 Å². The molecule has 0 saturated heterocycles. The molecule has 0 aliphatic rings. The zero-order valence-electron chi connectivity index (χ0n) is 10.4. The maximum absolute atomic E-state index is 10.9. The number of aromatic carboxylic acids is 1. The van der Waals surface area contributed by atoms with Crippen molar-refractivity contribution < 1.29 is 9.90 Å². The highest BCUT2D eigenvalue weighted by Gasteiger charge is 2.10. The van der Waals surface area contributed by atoms with Crippen molar-refractivity contribution in [2.75, 3.05) is 23.7 Å². The van der Waals surface area contributed by atoms with Crippen LogP contribution in [0.5, 0.6) is 0 Å². The van der Waals surface area contributed by atoms with Crippen LogP contribution in [0.25, 0.3) is 0 Å². The van der Waals surface area contributed by atoms with Crippen LogP contribution in [0.1, 0.15) is 37.0 Å². The summed E-state index contributed by atoms with van der Waals surface area (Å²) in [6, 6.07) is 5.14. The van der Waals surface area contributed by atoms with Crippen molar-refractivity contribution in [2.24, 2.45) is 0 Å². The molecular formula is C13H20N2O2. The van der Waals surface area contributed by atoms with E-state index in [4.69, 9.17) is 10.8 Å². The molecule has 0 atom stereocenters. The summed E-state index contributed by atoms with van der Waals surface area (Å²) < 4.78 is 0. The summed E-state index contributed by atoms with van der Waals surface area (Å²) in [5.74, 6) is -0.980. The summed E-state index contributed by atoms with van der Waals surface area (Å²) in [5.41, 5.74) is 7.24. The molecule has 0 heterocycles. The SMILES string of the molecule is CCCN(CCC)c1ccc(C(=O)O)c(N)c1. The highest BCUT2D eigenvalue weighted by Crippen LogP contribution is 2.22. The maximum Gasteiger partial charge on any atom is 0.337 e. The van der Waals surface area contributed by atoms with E-state index < -0.39 is 5.97 Å². The molecule has 0 radical (unpaired) electrons. The van der Waals surface area contributed by atoms with E-state index in [2.05, 4.69) is 18.7 Å². The Morgan fingerprint density at radius 2 is 1.88 bits per heavy atom. The van der Waals surface area contributed by atoms with Crippen molar-refractivity contribution in [1.29, 1.82) is 0 Å². The number of nitrogens with two attached hydrogens (primary N) is 1. The number of carboxylic acids is 1.